The normalized spacial score (nSPS) is 19.3. The molecular formula is C29H37ClN2O3. The Morgan fingerprint density at radius 2 is 1.74 bits per heavy atom. The molecule has 1 aliphatic carbocycles. The third-order valence-corrected chi connectivity index (χ3v) is 7.33. The SMILES string of the molecule is C=CCC[C@](C)(NC(C)=O)C1CCC(N(Cc2ccc(Cl)cc2)C(=O)OCc2ccccc2)CC1. The van der Waals surface area contributed by atoms with E-state index in [1.54, 1.807) is 6.92 Å². The fourth-order valence-corrected chi connectivity index (χ4v) is 5.25. The minimum Gasteiger partial charge on any atom is -0.445 e. The maximum absolute atomic E-state index is 13.3. The summed E-state index contributed by atoms with van der Waals surface area (Å²) >= 11 is 6.07. The number of rotatable bonds is 10. The van der Waals surface area contributed by atoms with Crippen LogP contribution in [-0.2, 0) is 22.7 Å². The van der Waals surface area contributed by atoms with Crippen LogP contribution in [-0.4, -0.2) is 28.5 Å². The van der Waals surface area contributed by atoms with Gasteiger partial charge in [-0.1, -0.05) is 60.1 Å². The van der Waals surface area contributed by atoms with Crippen LogP contribution >= 0.6 is 11.6 Å². The molecule has 5 nitrogen and oxygen atoms in total. The van der Waals surface area contributed by atoms with E-state index in [4.69, 9.17) is 16.3 Å². The Labute approximate surface area is 214 Å². The molecule has 188 valence electrons. The standard InChI is InChI=1S/C29H37ClN2O3/c1-4-5-19-29(3,31-22(2)33)25-13-17-27(18-14-25)32(20-23-11-15-26(30)16-12-23)28(34)35-21-24-9-7-6-8-10-24/h4,6-12,15-16,25,27H,1,5,13-14,17-21H2,2-3H3,(H,31,33)/t25?,27?,29-/m0/s1. The summed E-state index contributed by atoms with van der Waals surface area (Å²) in [5, 5.41) is 3.88. The predicted octanol–water partition coefficient (Wildman–Crippen LogP) is 6.90. The fourth-order valence-electron chi connectivity index (χ4n) is 5.13. The van der Waals surface area contributed by atoms with Crippen LogP contribution < -0.4 is 5.32 Å². The third kappa shape index (κ3) is 7.86. The van der Waals surface area contributed by atoms with E-state index in [1.165, 1.54) is 0 Å². The molecule has 1 aliphatic rings. The summed E-state index contributed by atoms with van der Waals surface area (Å²) in [5.74, 6) is 0.341. The largest absolute Gasteiger partial charge is 0.445 e. The van der Waals surface area contributed by atoms with Crippen molar-refractivity contribution in [2.75, 3.05) is 0 Å². The zero-order valence-corrected chi connectivity index (χ0v) is 21.6. The predicted molar refractivity (Wildman–Crippen MR) is 141 cm³/mol. The van der Waals surface area contributed by atoms with Gasteiger partial charge in [-0.25, -0.2) is 4.79 Å². The van der Waals surface area contributed by atoms with Crippen LogP contribution in [0.4, 0.5) is 4.79 Å². The number of nitrogens with zero attached hydrogens (tertiary/aromatic N) is 1. The molecule has 0 unspecified atom stereocenters. The van der Waals surface area contributed by atoms with Crippen LogP contribution in [0, 0.1) is 5.92 Å². The summed E-state index contributed by atoms with van der Waals surface area (Å²) in [5.41, 5.74) is 1.70. The molecule has 0 radical (unpaired) electrons. The lowest BCUT2D eigenvalue weighted by molar-refractivity contribution is -0.121. The number of hydrogen-bond donors (Lipinski definition) is 1. The maximum atomic E-state index is 13.3. The molecule has 2 aromatic carbocycles. The van der Waals surface area contributed by atoms with Gasteiger partial charge in [0.15, 0.2) is 0 Å². The summed E-state index contributed by atoms with van der Waals surface area (Å²) in [7, 11) is 0. The first-order chi connectivity index (χ1) is 16.8. The number of carbonyl (C=O) groups is 2. The average Bonchev–Trinajstić information content (AvgIpc) is 2.86. The van der Waals surface area contributed by atoms with Gasteiger partial charge in [0.2, 0.25) is 5.91 Å². The lowest BCUT2D eigenvalue weighted by Gasteiger charge is -2.44. The van der Waals surface area contributed by atoms with Crippen molar-refractivity contribution in [2.24, 2.45) is 5.92 Å². The molecule has 1 saturated carbocycles. The van der Waals surface area contributed by atoms with Gasteiger partial charge in [0.1, 0.15) is 6.61 Å². The molecule has 6 heteroatoms. The summed E-state index contributed by atoms with van der Waals surface area (Å²) in [4.78, 5) is 27.1. The third-order valence-electron chi connectivity index (χ3n) is 7.07. The van der Waals surface area contributed by atoms with Crippen molar-refractivity contribution in [3.8, 4) is 0 Å². The number of allylic oxidation sites excluding steroid dienone is 1. The number of carbonyl (C=O) groups excluding carboxylic acids is 2. The molecule has 2 amide bonds. The van der Waals surface area contributed by atoms with E-state index in [1.807, 2.05) is 65.6 Å². The monoisotopic (exact) mass is 496 g/mol. The summed E-state index contributed by atoms with van der Waals surface area (Å²) < 4.78 is 5.73. The zero-order chi connectivity index (χ0) is 25.3. The number of ether oxygens (including phenoxy) is 1. The first-order valence-corrected chi connectivity index (χ1v) is 12.8. The van der Waals surface area contributed by atoms with Gasteiger partial charge in [0.25, 0.3) is 0 Å². The Morgan fingerprint density at radius 1 is 1.09 bits per heavy atom. The number of halogens is 1. The molecule has 3 rings (SSSR count). The van der Waals surface area contributed by atoms with Crippen LogP contribution in [0.1, 0.15) is 63.5 Å². The highest BCUT2D eigenvalue weighted by Gasteiger charge is 2.39. The molecule has 1 fully saturated rings. The summed E-state index contributed by atoms with van der Waals surface area (Å²) in [6.07, 6.45) is 6.91. The molecule has 0 saturated heterocycles. The van der Waals surface area contributed by atoms with E-state index in [0.29, 0.717) is 17.5 Å². The number of nitrogens with one attached hydrogen (secondary N) is 1. The molecule has 1 N–H and O–H groups in total. The van der Waals surface area contributed by atoms with Gasteiger partial charge in [-0.3, -0.25) is 4.79 Å². The molecule has 35 heavy (non-hydrogen) atoms. The molecule has 0 spiro atoms. The minimum absolute atomic E-state index is 0.00691. The van der Waals surface area contributed by atoms with Crippen molar-refractivity contribution >= 4 is 23.6 Å². The number of hydrogen-bond acceptors (Lipinski definition) is 3. The van der Waals surface area contributed by atoms with Crippen LogP contribution in [0.5, 0.6) is 0 Å². The highest BCUT2D eigenvalue weighted by molar-refractivity contribution is 6.30. The quantitative estimate of drug-likeness (QED) is 0.364. The van der Waals surface area contributed by atoms with Gasteiger partial charge in [0.05, 0.1) is 0 Å². The highest BCUT2D eigenvalue weighted by Crippen LogP contribution is 2.37. The molecule has 0 heterocycles. The van der Waals surface area contributed by atoms with Crippen molar-refractivity contribution in [3.63, 3.8) is 0 Å². The average molecular weight is 497 g/mol. The van der Waals surface area contributed by atoms with Gasteiger partial charge in [0, 0.05) is 30.1 Å². The van der Waals surface area contributed by atoms with Crippen molar-refractivity contribution in [1.82, 2.24) is 10.2 Å². The minimum atomic E-state index is -0.302. The second-order valence-corrected chi connectivity index (χ2v) is 10.2. The van der Waals surface area contributed by atoms with E-state index < -0.39 is 0 Å². The molecule has 0 bridgehead atoms. The number of amides is 2. The van der Waals surface area contributed by atoms with Crippen LogP contribution in [0.3, 0.4) is 0 Å². The topological polar surface area (TPSA) is 58.6 Å². The van der Waals surface area contributed by atoms with Crippen molar-refractivity contribution in [2.45, 2.75) is 77.1 Å². The Kier molecular flexibility index (Phi) is 9.79. The second kappa shape index (κ2) is 12.8. The van der Waals surface area contributed by atoms with Gasteiger partial charge in [-0.2, -0.15) is 0 Å². The van der Waals surface area contributed by atoms with E-state index in [9.17, 15) is 9.59 Å². The van der Waals surface area contributed by atoms with Crippen molar-refractivity contribution < 1.29 is 14.3 Å². The zero-order valence-electron chi connectivity index (χ0n) is 20.8. The van der Waals surface area contributed by atoms with Gasteiger partial charge < -0.3 is 15.0 Å². The number of benzene rings is 2. The van der Waals surface area contributed by atoms with E-state index in [2.05, 4.69) is 18.8 Å². The van der Waals surface area contributed by atoms with E-state index >= 15 is 0 Å². The molecule has 2 aromatic rings. The lowest BCUT2D eigenvalue weighted by atomic mass is 9.72. The van der Waals surface area contributed by atoms with Crippen LogP contribution in [0.2, 0.25) is 5.02 Å². The van der Waals surface area contributed by atoms with Crippen LogP contribution in [0.15, 0.2) is 67.3 Å². The van der Waals surface area contributed by atoms with Crippen molar-refractivity contribution in [1.29, 1.82) is 0 Å². The summed E-state index contributed by atoms with van der Waals surface area (Å²) in [6, 6.07) is 17.4. The smallest absolute Gasteiger partial charge is 0.410 e. The first kappa shape index (κ1) is 26.8. The van der Waals surface area contributed by atoms with Gasteiger partial charge >= 0.3 is 6.09 Å². The highest BCUT2D eigenvalue weighted by atomic mass is 35.5. The van der Waals surface area contributed by atoms with Gasteiger partial charge in [-0.05, 0) is 74.6 Å². The van der Waals surface area contributed by atoms with Gasteiger partial charge in [-0.15, -0.1) is 6.58 Å². The Hall–Kier alpha value is -2.79. The summed E-state index contributed by atoms with van der Waals surface area (Å²) in [6.45, 7) is 8.28. The maximum Gasteiger partial charge on any atom is 0.410 e. The lowest BCUT2D eigenvalue weighted by Crippen LogP contribution is -2.53. The van der Waals surface area contributed by atoms with Crippen LogP contribution in [0.25, 0.3) is 0 Å². The molecule has 0 aliphatic heterocycles. The Bertz CT molecular complexity index is 971. The Balaban J connectivity index is 1.71. The molecule has 0 aromatic heterocycles. The van der Waals surface area contributed by atoms with E-state index in [0.717, 1.165) is 49.7 Å². The molecular weight excluding hydrogens is 460 g/mol. The molecule has 1 atom stereocenters. The van der Waals surface area contributed by atoms with E-state index in [-0.39, 0.29) is 30.2 Å². The second-order valence-electron chi connectivity index (χ2n) is 9.73. The van der Waals surface area contributed by atoms with Crippen molar-refractivity contribution in [3.05, 3.63) is 83.4 Å². The first-order valence-electron chi connectivity index (χ1n) is 12.4. The Morgan fingerprint density at radius 3 is 2.34 bits per heavy atom. The fraction of sp³-hybridized carbons (Fsp3) is 0.448.